The molecule has 1 atom stereocenters. The van der Waals surface area contributed by atoms with E-state index in [4.69, 9.17) is 4.42 Å². The van der Waals surface area contributed by atoms with E-state index < -0.39 is 9.84 Å². The summed E-state index contributed by atoms with van der Waals surface area (Å²) < 4.78 is 30.2. The molecule has 1 aliphatic heterocycles. The van der Waals surface area contributed by atoms with E-state index in [2.05, 4.69) is 10.4 Å². The number of amides is 1. The Morgan fingerprint density at radius 2 is 2.22 bits per heavy atom. The van der Waals surface area contributed by atoms with Gasteiger partial charge in [-0.05, 0) is 38.5 Å². The second-order valence-corrected chi connectivity index (χ2v) is 8.15. The highest BCUT2D eigenvalue weighted by Crippen LogP contribution is 2.14. The first-order valence-corrected chi connectivity index (χ1v) is 9.25. The standard InChI is InChI=1S/C15H19N3O4S/c1-10-7-11(2)18(17-10)8-13-3-4-14(22-13)15(19)16-12-5-6-23(20,21)9-12/h3-4,7,12H,5-6,8-9H2,1-2H3,(H,16,19)/t12-/m0/s1. The van der Waals surface area contributed by atoms with Gasteiger partial charge in [-0.3, -0.25) is 9.48 Å². The highest BCUT2D eigenvalue weighted by molar-refractivity contribution is 7.91. The lowest BCUT2D eigenvalue weighted by atomic mass is 10.2. The number of hydrogen-bond acceptors (Lipinski definition) is 5. The minimum Gasteiger partial charge on any atom is -0.454 e. The van der Waals surface area contributed by atoms with Crippen LogP contribution in [0.25, 0.3) is 0 Å². The molecule has 0 radical (unpaired) electrons. The van der Waals surface area contributed by atoms with Crippen LogP contribution in [0.15, 0.2) is 22.6 Å². The molecule has 1 saturated heterocycles. The Kier molecular flexibility index (Phi) is 4.01. The molecule has 23 heavy (non-hydrogen) atoms. The number of hydrogen-bond donors (Lipinski definition) is 1. The molecule has 1 aliphatic rings. The van der Waals surface area contributed by atoms with Gasteiger partial charge in [-0.25, -0.2) is 8.42 Å². The number of rotatable bonds is 4. The van der Waals surface area contributed by atoms with Gasteiger partial charge in [0.05, 0.1) is 23.7 Å². The summed E-state index contributed by atoms with van der Waals surface area (Å²) in [6.07, 6.45) is 0.452. The fourth-order valence-corrected chi connectivity index (χ4v) is 4.41. The van der Waals surface area contributed by atoms with Crippen LogP contribution in [0.3, 0.4) is 0 Å². The number of nitrogens with one attached hydrogen (secondary N) is 1. The molecule has 1 N–H and O–H groups in total. The lowest BCUT2D eigenvalue weighted by molar-refractivity contribution is 0.0911. The maximum Gasteiger partial charge on any atom is 0.287 e. The van der Waals surface area contributed by atoms with Crippen LogP contribution in [0.2, 0.25) is 0 Å². The van der Waals surface area contributed by atoms with E-state index >= 15 is 0 Å². The summed E-state index contributed by atoms with van der Waals surface area (Å²) in [4.78, 5) is 12.1. The quantitative estimate of drug-likeness (QED) is 0.900. The zero-order chi connectivity index (χ0) is 16.6. The summed E-state index contributed by atoms with van der Waals surface area (Å²) in [5, 5.41) is 7.06. The number of aryl methyl sites for hydroxylation is 2. The molecule has 7 nitrogen and oxygen atoms in total. The van der Waals surface area contributed by atoms with Crippen molar-refractivity contribution in [1.82, 2.24) is 15.1 Å². The molecule has 1 amide bonds. The van der Waals surface area contributed by atoms with Gasteiger partial charge < -0.3 is 9.73 Å². The van der Waals surface area contributed by atoms with Gasteiger partial charge in [-0.15, -0.1) is 0 Å². The highest BCUT2D eigenvalue weighted by Gasteiger charge is 2.29. The van der Waals surface area contributed by atoms with E-state index in [1.807, 2.05) is 19.9 Å². The Morgan fingerprint density at radius 3 is 2.83 bits per heavy atom. The van der Waals surface area contributed by atoms with Gasteiger partial charge in [0.15, 0.2) is 15.6 Å². The molecule has 2 aromatic rings. The van der Waals surface area contributed by atoms with E-state index in [0.29, 0.717) is 18.7 Å². The molecule has 124 valence electrons. The monoisotopic (exact) mass is 337 g/mol. The second kappa shape index (κ2) is 5.84. The molecule has 0 spiro atoms. The maximum absolute atomic E-state index is 12.1. The Labute approximate surface area is 134 Å². The van der Waals surface area contributed by atoms with Crippen LogP contribution in [0, 0.1) is 13.8 Å². The zero-order valence-corrected chi connectivity index (χ0v) is 13.9. The first kappa shape index (κ1) is 15.8. The summed E-state index contributed by atoms with van der Waals surface area (Å²) >= 11 is 0. The normalized spacial score (nSPS) is 19.8. The average Bonchev–Trinajstić information content (AvgIpc) is 3.12. The Hall–Kier alpha value is -2.09. The van der Waals surface area contributed by atoms with E-state index in [1.165, 1.54) is 0 Å². The van der Waals surface area contributed by atoms with Gasteiger partial charge in [0.25, 0.3) is 5.91 Å². The number of sulfone groups is 1. The minimum absolute atomic E-state index is 0.00192. The third-order valence-corrected chi connectivity index (χ3v) is 5.63. The fraction of sp³-hybridized carbons (Fsp3) is 0.467. The predicted molar refractivity (Wildman–Crippen MR) is 84.0 cm³/mol. The van der Waals surface area contributed by atoms with Crippen LogP contribution in [0.4, 0.5) is 0 Å². The summed E-state index contributed by atoms with van der Waals surface area (Å²) in [6.45, 7) is 4.32. The van der Waals surface area contributed by atoms with Crippen LogP contribution >= 0.6 is 0 Å². The van der Waals surface area contributed by atoms with Crippen molar-refractivity contribution >= 4 is 15.7 Å². The SMILES string of the molecule is Cc1cc(C)n(Cc2ccc(C(=O)N[C@H]3CCS(=O)(=O)C3)o2)n1. The Balaban J connectivity index is 1.64. The summed E-state index contributed by atoms with van der Waals surface area (Å²) in [7, 11) is -3.02. The van der Waals surface area contributed by atoms with Crippen molar-refractivity contribution in [1.29, 1.82) is 0 Å². The maximum atomic E-state index is 12.1. The van der Waals surface area contributed by atoms with Crippen LogP contribution in [0.5, 0.6) is 0 Å². The van der Waals surface area contributed by atoms with Crippen molar-refractivity contribution in [2.75, 3.05) is 11.5 Å². The van der Waals surface area contributed by atoms with E-state index in [1.54, 1.807) is 16.8 Å². The van der Waals surface area contributed by atoms with Gasteiger partial charge in [0.1, 0.15) is 5.76 Å². The zero-order valence-electron chi connectivity index (χ0n) is 13.1. The number of furan rings is 1. The highest BCUT2D eigenvalue weighted by atomic mass is 32.2. The van der Waals surface area contributed by atoms with Crippen molar-refractivity contribution in [2.45, 2.75) is 32.9 Å². The molecular formula is C15H19N3O4S. The number of carbonyl (C=O) groups is 1. The third kappa shape index (κ3) is 3.64. The lowest BCUT2D eigenvalue weighted by Gasteiger charge is -2.08. The van der Waals surface area contributed by atoms with Crippen molar-refractivity contribution in [3.8, 4) is 0 Å². The van der Waals surface area contributed by atoms with Gasteiger partial charge in [-0.2, -0.15) is 5.10 Å². The molecule has 0 unspecified atom stereocenters. The molecule has 8 heteroatoms. The first-order chi connectivity index (χ1) is 10.8. The van der Waals surface area contributed by atoms with Crippen LogP contribution in [0.1, 0.15) is 34.1 Å². The van der Waals surface area contributed by atoms with Gasteiger partial charge in [-0.1, -0.05) is 0 Å². The molecule has 3 heterocycles. The fourth-order valence-electron chi connectivity index (χ4n) is 2.73. The molecule has 1 fully saturated rings. The van der Waals surface area contributed by atoms with Crippen LogP contribution < -0.4 is 5.32 Å². The van der Waals surface area contributed by atoms with Gasteiger partial charge in [0, 0.05) is 11.7 Å². The van der Waals surface area contributed by atoms with Gasteiger partial charge >= 0.3 is 0 Å². The summed E-state index contributed by atoms with van der Waals surface area (Å²) in [6, 6.07) is 4.96. The molecule has 3 rings (SSSR count). The minimum atomic E-state index is -3.02. The van der Waals surface area contributed by atoms with Crippen molar-refractivity contribution in [3.63, 3.8) is 0 Å². The van der Waals surface area contributed by atoms with E-state index in [-0.39, 0.29) is 29.2 Å². The number of nitrogens with zero attached hydrogens (tertiary/aromatic N) is 2. The van der Waals surface area contributed by atoms with Crippen LogP contribution in [-0.2, 0) is 16.4 Å². The smallest absolute Gasteiger partial charge is 0.287 e. The van der Waals surface area contributed by atoms with Crippen LogP contribution in [-0.4, -0.2) is 41.7 Å². The average molecular weight is 337 g/mol. The largest absolute Gasteiger partial charge is 0.454 e. The molecule has 0 aliphatic carbocycles. The van der Waals surface area contributed by atoms with E-state index in [9.17, 15) is 13.2 Å². The Bertz CT molecular complexity index is 835. The second-order valence-electron chi connectivity index (χ2n) is 5.92. The molecular weight excluding hydrogens is 318 g/mol. The summed E-state index contributed by atoms with van der Waals surface area (Å²) in [5.74, 6) is 0.551. The van der Waals surface area contributed by atoms with Crippen molar-refractivity contribution in [2.24, 2.45) is 0 Å². The first-order valence-electron chi connectivity index (χ1n) is 7.43. The number of carbonyl (C=O) groups excluding carboxylic acids is 1. The van der Waals surface area contributed by atoms with Gasteiger partial charge in [0.2, 0.25) is 0 Å². The third-order valence-electron chi connectivity index (χ3n) is 3.86. The number of aromatic nitrogens is 2. The topological polar surface area (TPSA) is 94.2 Å². The predicted octanol–water partition coefficient (Wildman–Crippen LogP) is 1.06. The van der Waals surface area contributed by atoms with Crippen molar-refractivity contribution < 1.29 is 17.6 Å². The van der Waals surface area contributed by atoms with E-state index in [0.717, 1.165) is 11.4 Å². The van der Waals surface area contributed by atoms with Crippen molar-refractivity contribution in [3.05, 3.63) is 41.1 Å². The molecule has 2 aromatic heterocycles. The molecule has 0 bridgehead atoms. The summed E-state index contributed by atoms with van der Waals surface area (Å²) in [5.41, 5.74) is 1.94. The molecule has 0 saturated carbocycles. The lowest BCUT2D eigenvalue weighted by Crippen LogP contribution is -2.35. The molecule has 0 aromatic carbocycles. The Morgan fingerprint density at radius 1 is 1.43 bits per heavy atom.